The molecular formula is C8H11F6NO3. The van der Waals surface area contributed by atoms with Crippen LogP contribution in [0.25, 0.3) is 0 Å². The standard InChI is InChI=1S/C8H11F6NO3/c1-2-17-5(16)4(15)3-18-6(7(9,10)11)8(12,13)14/h4,6H,2-3,15H2,1H3. The molecule has 1 unspecified atom stereocenters. The molecule has 10 heteroatoms. The van der Waals surface area contributed by atoms with Crippen LogP contribution >= 0.6 is 0 Å². The fourth-order valence-electron chi connectivity index (χ4n) is 0.892. The van der Waals surface area contributed by atoms with Crippen LogP contribution in [0, 0.1) is 0 Å². The molecule has 0 aromatic heterocycles. The van der Waals surface area contributed by atoms with Crippen LogP contribution in [0.3, 0.4) is 0 Å². The molecule has 108 valence electrons. The molecule has 0 aliphatic rings. The van der Waals surface area contributed by atoms with Crippen LogP contribution in [0.4, 0.5) is 26.3 Å². The summed E-state index contributed by atoms with van der Waals surface area (Å²) >= 11 is 0. The van der Waals surface area contributed by atoms with Crippen LogP contribution in [0.15, 0.2) is 0 Å². The second-order valence-electron chi connectivity index (χ2n) is 3.16. The molecule has 0 spiro atoms. The molecule has 0 amide bonds. The summed E-state index contributed by atoms with van der Waals surface area (Å²) in [6, 6.07) is -1.71. The van der Waals surface area contributed by atoms with E-state index in [9.17, 15) is 31.1 Å². The van der Waals surface area contributed by atoms with Gasteiger partial charge in [-0.1, -0.05) is 0 Å². The van der Waals surface area contributed by atoms with Gasteiger partial charge in [-0.15, -0.1) is 0 Å². The van der Waals surface area contributed by atoms with Crippen molar-refractivity contribution < 1.29 is 40.6 Å². The van der Waals surface area contributed by atoms with Crippen LogP contribution in [-0.4, -0.2) is 43.7 Å². The first-order chi connectivity index (χ1) is 8.00. The third kappa shape index (κ3) is 5.54. The lowest BCUT2D eigenvalue weighted by atomic mass is 10.3. The predicted octanol–water partition coefficient (Wildman–Crippen LogP) is 1.39. The number of ether oxygens (including phenoxy) is 2. The summed E-state index contributed by atoms with van der Waals surface area (Å²) in [5.41, 5.74) is 5.00. The molecular weight excluding hydrogens is 272 g/mol. The van der Waals surface area contributed by atoms with Crippen molar-refractivity contribution in [3.63, 3.8) is 0 Å². The number of alkyl halides is 6. The molecule has 0 aliphatic carbocycles. The third-order valence-corrected chi connectivity index (χ3v) is 1.63. The molecule has 0 heterocycles. The van der Waals surface area contributed by atoms with E-state index in [1.807, 2.05) is 0 Å². The highest BCUT2D eigenvalue weighted by Crippen LogP contribution is 2.35. The second kappa shape index (κ2) is 6.23. The van der Waals surface area contributed by atoms with E-state index in [0.29, 0.717) is 0 Å². The molecule has 0 aromatic carbocycles. The zero-order valence-electron chi connectivity index (χ0n) is 9.14. The Morgan fingerprint density at radius 2 is 1.61 bits per heavy atom. The Morgan fingerprint density at radius 3 is 1.94 bits per heavy atom. The molecule has 0 fully saturated rings. The topological polar surface area (TPSA) is 61.5 Å². The number of carbonyl (C=O) groups is 1. The maximum Gasteiger partial charge on any atom is 0.423 e. The molecule has 1 atom stereocenters. The molecule has 0 radical (unpaired) electrons. The molecule has 18 heavy (non-hydrogen) atoms. The summed E-state index contributed by atoms with van der Waals surface area (Å²) in [6.45, 7) is 0.0523. The van der Waals surface area contributed by atoms with Gasteiger partial charge in [-0.3, -0.25) is 4.79 Å². The van der Waals surface area contributed by atoms with Crippen LogP contribution in [0.2, 0.25) is 0 Å². The summed E-state index contributed by atoms with van der Waals surface area (Å²) in [5.74, 6) is -1.14. The van der Waals surface area contributed by atoms with Gasteiger partial charge in [-0.2, -0.15) is 26.3 Å². The molecule has 0 bridgehead atoms. The highest BCUT2D eigenvalue weighted by molar-refractivity contribution is 5.75. The Kier molecular flexibility index (Phi) is 5.87. The first kappa shape index (κ1) is 17.0. The maximum absolute atomic E-state index is 12.0. The molecule has 0 aromatic rings. The number of halogens is 6. The van der Waals surface area contributed by atoms with Crippen LogP contribution in [0.1, 0.15) is 6.92 Å². The molecule has 0 aliphatic heterocycles. The fourth-order valence-corrected chi connectivity index (χ4v) is 0.892. The number of rotatable bonds is 5. The van der Waals surface area contributed by atoms with Gasteiger partial charge < -0.3 is 15.2 Å². The average Bonchev–Trinajstić information content (AvgIpc) is 2.13. The van der Waals surface area contributed by atoms with Gasteiger partial charge in [0.1, 0.15) is 6.04 Å². The smallest absolute Gasteiger partial charge is 0.423 e. The predicted molar refractivity (Wildman–Crippen MR) is 46.5 cm³/mol. The number of carbonyl (C=O) groups excluding carboxylic acids is 1. The average molecular weight is 283 g/mol. The summed E-state index contributed by atoms with van der Waals surface area (Å²) in [5, 5.41) is 0. The molecule has 0 saturated heterocycles. The lowest BCUT2D eigenvalue weighted by Crippen LogP contribution is -2.47. The van der Waals surface area contributed by atoms with E-state index in [1.54, 1.807) is 0 Å². The maximum atomic E-state index is 12.0. The van der Waals surface area contributed by atoms with Crippen molar-refractivity contribution in [3.8, 4) is 0 Å². The molecule has 0 rings (SSSR count). The highest BCUT2D eigenvalue weighted by atomic mass is 19.4. The van der Waals surface area contributed by atoms with Gasteiger partial charge in [0.15, 0.2) is 0 Å². The zero-order chi connectivity index (χ0) is 14.6. The summed E-state index contributed by atoms with van der Waals surface area (Å²) < 4.78 is 80.0. The van der Waals surface area contributed by atoms with Gasteiger partial charge in [0.05, 0.1) is 13.2 Å². The van der Waals surface area contributed by atoms with E-state index in [-0.39, 0.29) is 6.61 Å². The van der Waals surface area contributed by atoms with Crippen molar-refractivity contribution in [2.45, 2.75) is 31.4 Å². The van der Waals surface area contributed by atoms with E-state index in [0.717, 1.165) is 0 Å². The largest absolute Gasteiger partial charge is 0.465 e. The SMILES string of the molecule is CCOC(=O)C(N)COC(C(F)(F)F)C(F)(F)F. The Morgan fingerprint density at radius 1 is 1.17 bits per heavy atom. The minimum absolute atomic E-state index is 0.103. The van der Waals surface area contributed by atoms with Crippen molar-refractivity contribution in [1.82, 2.24) is 0 Å². The Bertz CT molecular complexity index is 263. The van der Waals surface area contributed by atoms with E-state index in [1.165, 1.54) is 6.92 Å². The number of hydrogen-bond donors (Lipinski definition) is 1. The third-order valence-electron chi connectivity index (χ3n) is 1.63. The monoisotopic (exact) mass is 283 g/mol. The zero-order valence-corrected chi connectivity index (χ0v) is 9.14. The van der Waals surface area contributed by atoms with Gasteiger partial charge in [0, 0.05) is 0 Å². The Hall–Kier alpha value is -1.03. The number of esters is 1. The second-order valence-corrected chi connectivity index (χ2v) is 3.16. The van der Waals surface area contributed by atoms with E-state index < -0.39 is 37.1 Å². The van der Waals surface area contributed by atoms with Crippen LogP contribution < -0.4 is 5.73 Å². The molecule has 2 N–H and O–H groups in total. The number of nitrogens with two attached hydrogens (primary N) is 1. The van der Waals surface area contributed by atoms with Gasteiger partial charge in [-0.05, 0) is 6.92 Å². The van der Waals surface area contributed by atoms with Crippen molar-refractivity contribution in [2.24, 2.45) is 5.73 Å². The van der Waals surface area contributed by atoms with E-state index in [4.69, 9.17) is 5.73 Å². The Balaban J connectivity index is 4.51. The van der Waals surface area contributed by atoms with Crippen LogP contribution in [-0.2, 0) is 14.3 Å². The van der Waals surface area contributed by atoms with Crippen molar-refractivity contribution in [2.75, 3.05) is 13.2 Å². The van der Waals surface area contributed by atoms with Crippen LogP contribution in [0.5, 0.6) is 0 Å². The quantitative estimate of drug-likeness (QED) is 0.612. The fraction of sp³-hybridized carbons (Fsp3) is 0.875. The van der Waals surface area contributed by atoms with Gasteiger partial charge in [0.2, 0.25) is 6.10 Å². The number of hydrogen-bond acceptors (Lipinski definition) is 4. The Labute approximate surface area is 98.0 Å². The lowest BCUT2D eigenvalue weighted by Gasteiger charge is -2.24. The summed E-state index contributed by atoms with van der Waals surface area (Å²) in [7, 11) is 0. The van der Waals surface area contributed by atoms with Crippen molar-refractivity contribution in [1.29, 1.82) is 0 Å². The first-order valence-electron chi connectivity index (χ1n) is 4.67. The van der Waals surface area contributed by atoms with Gasteiger partial charge in [-0.25, -0.2) is 0 Å². The summed E-state index contributed by atoms with van der Waals surface area (Å²) in [4.78, 5) is 10.9. The summed E-state index contributed by atoms with van der Waals surface area (Å²) in [6.07, 6.45) is -15.2. The lowest BCUT2D eigenvalue weighted by molar-refractivity contribution is -0.322. The first-order valence-corrected chi connectivity index (χ1v) is 4.67. The minimum atomic E-state index is -5.63. The molecule has 0 saturated carbocycles. The normalized spacial score (nSPS) is 14.7. The van der Waals surface area contributed by atoms with Gasteiger partial charge in [0.25, 0.3) is 0 Å². The molecule has 4 nitrogen and oxygen atoms in total. The van der Waals surface area contributed by atoms with Crippen molar-refractivity contribution >= 4 is 5.97 Å². The highest BCUT2D eigenvalue weighted by Gasteiger charge is 2.58. The van der Waals surface area contributed by atoms with E-state index in [2.05, 4.69) is 9.47 Å². The van der Waals surface area contributed by atoms with Crippen molar-refractivity contribution in [3.05, 3.63) is 0 Å². The van der Waals surface area contributed by atoms with Gasteiger partial charge >= 0.3 is 18.3 Å². The minimum Gasteiger partial charge on any atom is -0.465 e. The van der Waals surface area contributed by atoms with E-state index >= 15 is 0 Å².